The average molecular weight is 390 g/mol. The van der Waals surface area contributed by atoms with Crippen LogP contribution >= 0.6 is 8.60 Å². The van der Waals surface area contributed by atoms with Gasteiger partial charge in [-0.15, -0.1) is 0 Å². The lowest BCUT2D eigenvalue weighted by Gasteiger charge is -2.37. The second-order valence-corrected chi connectivity index (χ2v) is 8.33. The summed E-state index contributed by atoms with van der Waals surface area (Å²) < 4.78 is 27.5. The number of hydrogen-bond donors (Lipinski definition) is 0. The number of ether oxygens (including phenoxy) is 2. The molecule has 0 unspecified atom stereocenters. The van der Waals surface area contributed by atoms with E-state index in [1.807, 2.05) is 0 Å². The van der Waals surface area contributed by atoms with Crippen LogP contribution in [0.1, 0.15) is 53.9 Å². The highest BCUT2D eigenvalue weighted by Gasteiger charge is 2.50. The van der Waals surface area contributed by atoms with Gasteiger partial charge in [-0.2, -0.15) is 0 Å². The summed E-state index contributed by atoms with van der Waals surface area (Å²) >= 11 is 0. The maximum Gasteiger partial charge on any atom is 0.339 e. The smallest absolute Gasteiger partial charge is 0.339 e. The molecule has 0 amide bonds. The molecule has 1 aliphatic heterocycles. The minimum Gasteiger partial charge on any atom is -0.464 e. The first-order valence-corrected chi connectivity index (χ1v) is 10.6. The lowest BCUT2D eigenvalue weighted by atomic mass is 9.75. The molecule has 7 nitrogen and oxygen atoms in total. The Bertz CT molecular complexity index is 458. The summed E-state index contributed by atoms with van der Waals surface area (Å²) in [7, 11) is -1.81. The Balaban J connectivity index is 2.06. The van der Waals surface area contributed by atoms with E-state index in [9.17, 15) is 9.59 Å². The Morgan fingerprint density at radius 3 is 2.04 bits per heavy atom. The molecule has 8 heteroatoms. The fourth-order valence-corrected chi connectivity index (χ4v) is 4.88. The first-order chi connectivity index (χ1) is 12.4. The molecule has 0 aromatic heterocycles. The number of esters is 2. The third-order valence-electron chi connectivity index (χ3n) is 4.89. The van der Waals surface area contributed by atoms with Crippen molar-refractivity contribution in [1.82, 2.24) is 0 Å². The van der Waals surface area contributed by atoms with E-state index >= 15 is 0 Å². The van der Waals surface area contributed by atoms with Gasteiger partial charge in [-0.05, 0) is 44.4 Å². The summed E-state index contributed by atoms with van der Waals surface area (Å²) in [5, 5.41) is 0. The van der Waals surface area contributed by atoms with Crippen LogP contribution in [0.2, 0.25) is 0 Å². The van der Waals surface area contributed by atoms with E-state index in [0.29, 0.717) is 17.8 Å². The second kappa shape index (κ2) is 9.98. The van der Waals surface area contributed by atoms with Gasteiger partial charge in [0.2, 0.25) is 12.2 Å². The summed E-state index contributed by atoms with van der Waals surface area (Å²) in [6, 6.07) is 0. The molecule has 0 bridgehead atoms. The number of carbonyl (C=O) groups is 2. The quantitative estimate of drug-likeness (QED) is 0.485. The lowest BCUT2D eigenvalue weighted by Crippen LogP contribution is -2.39. The van der Waals surface area contributed by atoms with Crippen molar-refractivity contribution in [1.29, 1.82) is 0 Å². The summed E-state index contributed by atoms with van der Waals surface area (Å²) in [4.78, 5) is 24.3. The molecule has 0 aromatic rings. The first-order valence-electron chi connectivity index (χ1n) is 9.51. The van der Waals surface area contributed by atoms with E-state index in [1.54, 1.807) is 13.8 Å². The van der Waals surface area contributed by atoms with Crippen molar-refractivity contribution in [2.75, 3.05) is 13.2 Å². The van der Waals surface area contributed by atoms with Gasteiger partial charge in [0.1, 0.15) is 0 Å². The standard InChI is InChI=1S/C18H31O7P/c1-6-21-17(19)15-16(18(20)22-7-2)25-26(24-15)23-14-10-12(5)8-9-13(14)11(3)4/h11-16H,6-10H2,1-5H3/t12-,13+,14+,15+,16+/m0/s1. The molecule has 2 rings (SSSR count). The molecule has 2 fully saturated rings. The highest BCUT2D eigenvalue weighted by Crippen LogP contribution is 2.53. The van der Waals surface area contributed by atoms with Gasteiger partial charge in [-0.1, -0.05) is 27.2 Å². The molecule has 5 atom stereocenters. The average Bonchev–Trinajstić information content (AvgIpc) is 2.99. The van der Waals surface area contributed by atoms with Gasteiger partial charge in [-0.25, -0.2) is 9.59 Å². The van der Waals surface area contributed by atoms with E-state index in [-0.39, 0.29) is 19.3 Å². The van der Waals surface area contributed by atoms with Crippen molar-refractivity contribution in [3.05, 3.63) is 0 Å². The zero-order chi connectivity index (χ0) is 19.3. The maximum absolute atomic E-state index is 12.1. The Morgan fingerprint density at radius 2 is 1.58 bits per heavy atom. The molecule has 1 aliphatic carbocycles. The van der Waals surface area contributed by atoms with Crippen LogP contribution in [0.5, 0.6) is 0 Å². The van der Waals surface area contributed by atoms with Crippen molar-refractivity contribution in [3.8, 4) is 0 Å². The number of carbonyl (C=O) groups excluding carboxylic acids is 2. The van der Waals surface area contributed by atoms with Gasteiger partial charge >= 0.3 is 20.5 Å². The van der Waals surface area contributed by atoms with Crippen LogP contribution in [0.25, 0.3) is 0 Å². The summed E-state index contributed by atoms with van der Waals surface area (Å²) in [5.74, 6) is 0.192. The van der Waals surface area contributed by atoms with E-state index < -0.39 is 32.7 Å². The van der Waals surface area contributed by atoms with Crippen LogP contribution in [-0.4, -0.2) is 43.5 Å². The van der Waals surface area contributed by atoms with Gasteiger partial charge in [0.15, 0.2) is 0 Å². The van der Waals surface area contributed by atoms with Crippen LogP contribution in [0.4, 0.5) is 0 Å². The third kappa shape index (κ3) is 5.38. The van der Waals surface area contributed by atoms with Gasteiger partial charge in [0, 0.05) is 0 Å². The van der Waals surface area contributed by atoms with Gasteiger partial charge in [0.05, 0.1) is 19.3 Å². The van der Waals surface area contributed by atoms with E-state index in [2.05, 4.69) is 20.8 Å². The fraction of sp³-hybridized carbons (Fsp3) is 0.889. The van der Waals surface area contributed by atoms with Crippen molar-refractivity contribution in [2.45, 2.75) is 72.2 Å². The highest BCUT2D eigenvalue weighted by molar-refractivity contribution is 7.42. The zero-order valence-corrected chi connectivity index (χ0v) is 17.2. The Hall–Kier alpha value is -0.750. The minimum absolute atomic E-state index is 0.00588. The van der Waals surface area contributed by atoms with Crippen molar-refractivity contribution < 1.29 is 32.6 Å². The summed E-state index contributed by atoms with van der Waals surface area (Å²) in [6.45, 7) is 10.4. The van der Waals surface area contributed by atoms with Crippen molar-refractivity contribution >= 4 is 20.5 Å². The predicted molar refractivity (Wildman–Crippen MR) is 96.1 cm³/mol. The number of hydrogen-bond acceptors (Lipinski definition) is 7. The largest absolute Gasteiger partial charge is 0.464 e. The van der Waals surface area contributed by atoms with E-state index in [1.165, 1.54) is 6.42 Å². The first kappa shape index (κ1) is 21.5. The van der Waals surface area contributed by atoms with Crippen LogP contribution < -0.4 is 0 Å². The molecule has 0 N–H and O–H groups in total. The van der Waals surface area contributed by atoms with Gasteiger partial charge < -0.3 is 14.0 Å². The van der Waals surface area contributed by atoms with Crippen LogP contribution in [0.3, 0.4) is 0 Å². The Morgan fingerprint density at radius 1 is 1.04 bits per heavy atom. The predicted octanol–water partition coefficient (Wildman–Crippen LogP) is 3.60. The van der Waals surface area contributed by atoms with E-state index in [4.69, 9.17) is 23.0 Å². The normalized spacial score (nSPS) is 32.6. The molecule has 150 valence electrons. The molecular weight excluding hydrogens is 359 g/mol. The Kier molecular flexibility index (Phi) is 8.27. The van der Waals surface area contributed by atoms with Crippen molar-refractivity contribution in [2.24, 2.45) is 17.8 Å². The number of rotatable bonds is 7. The van der Waals surface area contributed by atoms with Crippen molar-refractivity contribution in [3.63, 3.8) is 0 Å². The topological polar surface area (TPSA) is 80.3 Å². The monoisotopic (exact) mass is 390 g/mol. The molecule has 1 saturated carbocycles. The molecular formula is C18H31O7P. The van der Waals surface area contributed by atoms with Gasteiger partial charge in [-0.3, -0.25) is 9.05 Å². The molecule has 0 radical (unpaired) electrons. The van der Waals surface area contributed by atoms with Crippen LogP contribution in [0, 0.1) is 17.8 Å². The fourth-order valence-electron chi connectivity index (χ4n) is 3.50. The molecule has 0 spiro atoms. The summed E-state index contributed by atoms with van der Waals surface area (Å²) in [6.07, 6.45) is 0.905. The molecule has 1 saturated heterocycles. The second-order valence-electron chi connectivity index (χ2n) is 7.25. The molecule has 1 heterocycles. The maximum atomic E-state index is 12.1. The highest BCUT2D eigenvalue weighted by atomic mass is 31.2. The molecule has 0 aromatic carbocycles. The lowest BCUT2D eigenvalue weighted by molar-refractivity contribution is -0.163. The van der Waals surface area contributed by atoms with Crippen LogP contribution in [-0.2, 0) is 32.6 Å². The molecule has 26 heavy (non-hydrogen) atoms. The van der Waals surface area contributed by atoms with Gasteiger partial charge in [0.25, 0.3) is 0 Å². The minimum atomic E-state index is -1.81. The van der Waals surface area contributed by atoms with E-state index in [0.717, 1.165) is 12.8 Å². The summed E-state index contributed by atoms with van der Waals surface area (Å²) in [5.41, 5.74) is 0. The molecule has 2 aliphatic rings. The van der Waals surface area contributed by atoms with Crippen LogP contribution in [0.15, 0.2) is 0 Å². The zero-order valence-electron chi connectivity index (χ0n) is 16.3. The third-order valence-corrected chi connectivity index (χ3v) is 6.14. The SMILES string of the molecule is CCOC(=O)[C@@H]1OP(O[C@@H]2C[C@@H](C)CC[C@@H]2C(C)C)O[C@H]1C(=O)OCC. The Labute approximate surface area is 157 Å².